The molecule has 0 radical (unpaired) electrons. The molecule has 5 rings (SSSR count). The van der Waals surface area contributed by atoms with Crippen LogP contribution in [-0.2, 0) is 16.1 Å². The van der Waals surface area contributed by atoms with Gasteiger partial charge in [0.2, 0.25) is 5.91 Å². The summed E-state index contributed by atoms with van der Waals surface area (Å²) in [7, 11) is 0. The number of fused-ring (bicyclic) bond motifs is 2. The first kappa shape index (κ1) is 21.5. The Bertz CT molecular complexity index is 1440. The fraction of sp³-hybridized carbons (Fsp3) is 0.0800. The molecule has 1 N–H and O–H groups in total. The van der Waals surface area contributed by atoms with Gasteiger partial charge < -0.3 is 10.1 Å². The average molecular weight is 471 g/mol. The van der Waals surface area contributed by atoms with E-state index in [1.165, 1.54) is 36.5 Å². The number of esters is 1. The van der Waals surface area contributed by atoms with E-state index in [1.807, 2.05) is 24.3 Å². The SMILES string of the molecule is CC(=O)Nc1ccc(N2C(=O)c3ccc(C(=O)OCc4nc5ccccc5s4)cc3C2=O)cc1. The van der Waals surface area contributed by atoms with Crippen molar-refractivity contribution >= 4 is 56.6 Å². The van der Waals surface area contributed by atoms with Gasteiger partial charge in [0.15, 0.2) is 0 Å². The lowest BCUT2D eigenvalue weighted by Crippen LogP contribution is -2.29. The smallest absolute Gasteiger partial charge is 0.338 e. The Morgan fingerprint density at radius 3 is 2.44 bits per heavy atom. The van der Waals surface area contributed by atoms with Gasteiger partial charge in [0, 0.05) is 12.6 Å². The van der Waals surface area contributed by atoms with Crippen molar-refractivity contribution in [1.82, 2.24) is 4.98 Å². The number of imide groups is 1. The van der Waals surface area contributed by atoms with E-state index in [0.29, 0.717) is 16.4 Å². The van der Waals surface area contributed by atoms with Gasteiger partial charge in [-0.25, -0.2) is 14.7 Å². The molecule has 4 aromatic rings. The largest absolute Gasteiger partial charge is 0.455 e. The molecule has 34 heavy (non-hydrogen) atoms. The Hall–Kier alpha value is -4.37. The number of aromatic nitrogens is 1. The van der Waals surface area contributed by atoms with Crippen molar-refractivity contribution < 1.29 is 23.9 Å². The number of hydrogen-bond acceptors (Lipinski definition) is 7. The molecule has 0 spiro atoms. The van der Waals surface area contributed by atoms with E-state index in [4.69, 9.17) is 4.74 Å². The van der Waals surface area contributed by atoms with E-state index in [0.717, 1.165) is 15.1 Å². The van der Waals surface area contributed by atoms with Gasteiger partial charge in [-0.2, -0.15) is 0 Å². The zero-order chi connectivity index (χ0) is 23.8. The number of anilines is 2. The standard InChI is InChI=1S/C25H17N3O5S/c1-14(29)26-16-7-9-17(10-8-16)28-23(30)18-11-6-15(12-19(18)24(28)31)25(32)33-13-22-27-20-4-2-3-5-21(20)34-22/h2-12H,13H2,1H3,(H,26,29). The zero-order valence-electron chi connectivity index (χ0n) is 17.9. The second-order valence-corrected chi connectivity index (χ2v) is 8.70. The number of thiazole rings is 1. The van der Waals surface area contributed by atoms with E-state index in [9.17, 15) is 19.2 Å². The molecular weight excluding hydrogens is 454 g/mol. The maximum Gasteiger partial charge on any atom is 0.338 e. The van der Waals surface area contributed by atoms with E-state index < -0.39 is 17.8 Å². The van der Waals surface area contributed by atoms with Crippen LogP contribution in [0.5, 0.6) is 0 Å². The molecule has 168 valence electrons. The Labute approximate surface area is 197 Å². The van der Waals surface area contributed by atoms with Crippen LogP contribution in [0.2, 0.25) is 0 Å². The number of nitrogens with one attached hydrogen (secondary N) is 1. The Morgan fingerprint density at radius 1 is 0.971 bits per heavy atom. The van der Waals surface area contributed by atoms with Crippen molar-refractivity contribution in [3.8, 4) is 0 Å². The fourth-order valence-corrected chi connectivity index (χ4v) is 4.57. The van der Waals surface area contributed by atoms with Gasteiger partial charge in [-0.3, -0.25) is 14.4 Å². The predicted molar refractivity (Wildman–Crippen MR) is 127 cm³/mol. The van der Waals surface area contributed by atoms with Crippen LogP contribution in [0.4, 0.5) is 11.4 Å². The number of amides is 3. The molecule has 0 saturated carbocycles. The number of hydrogen-bond donors (Lipinski definition) is 1. The highest BCUT2D eigenvalue weighted by molar-refractivity contribution is 7.18. The van der Waals surface area contributed by atoms with Crippen LogP contribution < -0.4 is 10.2 Å². The van der Waals surface area contributed by atoms with Crippen LogP contribution in [0.3, 0.4) is 0 Å². The number of rotatable bonds is 5. The van der Waals surface area contributed by atoms with Crippen LogP contribution in [0.25, 0.3) is 10.2 Å². The van der Waals surface area contributed by atoms with Crippen molar-refractivity contribution in [2.24, 2.45) is 0 Å². The summed E-state index contributed by atoms with van der Waals surface area (Å²) in [5.41, 5.74) is 2.25. The minimum Gasteiger partial charge on any atom is -0.455 e. The number of ether oxygens (including phenoxy) is 1. The Kier molecular flexibility index (Phi) is 5.39. The van der Waals surface area contributed by atoms with E-state index in [-0.39, 0.29) is 29.2 Å². The number of nitrogens with zero attached hydrogens (tertiary/aromatic N) is 2. The molecule has 8 nitrogen and oxygen atoms in total. The van der Waals surface area contributed by atoms with E-state index >= 15 is 0 Å². The summed E-state index contributed by atoms with van der Waals surface area (Å²) >= 11 is 1.44. The maximum absolute atomic E-state index is 13.0. The third kappa shape index (κ3) is 3.93. The third-order valence-corrected chi connectivity index (χ3v) is 6.24. The molecule has 0 atom stereocenters. The highest BCUT2D eigenvalue weighted by Crippen LogP contribution is 2.30. The van der Waals surface area contributed by atoms with Gasteiger partial charge >= 0.3 is 5.97 Å². The molecule has 1 aliphatic rings. The van der Waals surface area contributed by atoms with E-state index in [1.54, 1.807) is 24.3 Å². The third-order valence-electron chi connectivity index (χ3n) is 5.23. The summed E-state index contributed by atoms with van der Waals surface area (Å²) in [6.07, 6.45) is 0. The summed E-state index contributed by atoms with van der Waals surface area (Å²) in [6.45, 7) is 1.40. The molecule has 3 aromatic carbocycles. The second-order valence-electron chi connectivity index (χ2n) is 7.59. The summed E-state index contributed by atoms with van der Waals surface area (Å²) in [5.74, 6) is -1.86. The number of para-hydroxylation sites is 1. The van der Waals surface area contributed by atoms with Gasteiger partial charge in [0.1, 0.15) is 11.6 Å². The molecule has 0 bridgehead atoms. The van der Waals surface area contributed by atoms with Gasteiger partial charge in [0.05, 0.1) is 32.6 Å². The normalized spacial score (nSPS) is 12.7. The fourth-order valence-electron chi connectivity index (χ4n) is 3.69. The summed E-state index contributed by atoms with van der Waals surface area (Å²) in [6, 6.07) is 18.3. The molecule has 2 heterocycles. The topological polar surface area (TPSA) is 106 Å². The van der Waals surface area contributed by atoms with Crippen LogP contribution in [0, 0.1) is 0 Å². The number of carbonyl (C=O) groups is 4. The monoisotopic (exact) mass is 471 g/mol. The predicted octanol–water partition coefficient (Wildman–Crippen LogP) is 4.41. The van der Waals surface area contributed by atoms with Crippen LogP contribution in [0.15, 0.2) is 66.7 Å². The van der Waals surface area contributed by atoms with Crippen LogP contribution >= 0.6 is 11.3 Å². The lowest BCUT2D eigenvalue weighted by molar-refractivity contribution is -0.114. The van der Waals surface area contributed by atoms with Crippen LogP contribution in [0.1, 0.15) is 43.0 Å². The number of benzene rings is 3. The zero-order valence-corrected chi connectivity index (χ0v) is 18.7. The molecule has 3 amide bonds. The molecule has 0 saturated heterocycles. The van der Waals surface area contributed by atoms with Crippen molar-refractivity contribution in [3.05, 3.63) is 88.4 Å². The van der Waals surface area contributed by atoms with Crippen molar-refractivity contribution in [2.45, 2.75) is 13.5 Å². The highest BCUT2D eigenvalue weighted by atomic mass is 32.1. The van der Waals surface area contributed by atoms with Gasteiger partial charge in [0.25, 0.3) is 11.8 Å². The highest BCUT2D eigenvalue weighted by Gasteiger charge is 2.37. The molecule has 0 unspecified atom stereocenters. The van der Waals surface area contributed by atoms with Crippen molar-refractivity contribution in [1.29, 1.82) is 0 Å². The molecule has 1 aliphatic heterocycles. The first-order valence-electron chi connectivity index (χ1n) is 10.3. The first-order chi connectivity index (χ1) is 16.4. The number of carbonyl (C=O) groups excluding carboxylic acids is 4. The lowest BCUT2D eigenvalue weighted by atomic mass is 10.1. The maximum atomic E-state index is 13.0. The molecule has 0 fully saturated rings. The minimum atomic E-state index is -0.611. The van der Waals surface area contributed by atoms with Crippen LogP contribution in [-0.4, -0.2) is 28.7 Å². The van der Waals surface area contributed by atoms with Gasteiger partial charge in [-0.15, -0.1) is 11.3 Å². The summed E-state index contributed by atoms with van der Waals surface area (Å²) in [4.78, 5) is 55.1. The molecular formula is C25H17N3O5S. The Balaban J connectivity index is 1.32. The quantitative estimate of drug-likeness (QED) is 0.341. The molecule has 1 aromatic heterocycles. The van der Waals surface area contributed by atoms with E-state index in [2.05, 4.69) is 10.3 Å². The van der Waals surface area contributed by atoms with Gasteiger partial charge in [-0.05, 0) is 54.6 Å². The lowest BCUT2D eigenvalue weighted by Gasteiger charge is -2.14. The summed E-state index contributed by atoms with van der Waals surface area (Å²) < 4.78 is 6.39. The molecule has 0 aliphatic carbocycles. The van der Waals surface area contributed by atoms with Gasteiger partial charge in [-0.1, -0.05) is 12.1 Å². The van der Waals surface area contributed by atoms with Crippen molar-refractivity contribution in [3.63, 3.8) is 0 Å². The summed E-state index contributed by atoms with van der Waals surface area (Å²) in [5, 5.41) is 3.29. The Morgan fingerprint density at radius 2 is 1.71 bits per heavy atom. The minimum absolute atomic E-state index is 0.00884. The average Bonchev–Trinajstić information content (AvgIpc) is 3.36. The second kappa shape index (κ2) is 8.53. The van der Waals surface area contributed by atoms with Crippen molar-refractivity contribution in [2.75, 3.05) is 10.2 Å². The molecule has 9 heteroatoms. The first-order valence-corrected chi connectivity index (χ1v) is 11.1.